The summed E-state index contributed by atoms with van der Waals surface area (Å²) in [6.45, 7) is 0. The van der Waals surface area contributed by atoms with Crippen LogP contribution in [0.25, 0.3) is 11.0 Å². The van der Waals surface area contributed by atoms with Crippen molar-refractivity contribution in [3.05, 3.63) is 89.0 Å². The van der Waals surface area contributed by atoms with Gasteiger partial charge >= 0.3 is 0 Å². The number of fused-ring (bicyclic) bond motifs is 1. The average Bonchev–Trinajstić information content (AvgIpc) is 3.46. The fourth-order valence-electron chi connectivity index (χ4n) is 3.47. The highest BCUT2D eigenvalue weighted by Crippen LogP contribution is 2.38. The van der Waals surface area contributed by atoms with Crippen LogP contribution < -0.4 is 0 Å². The molecule has 0 aliphatic heterocycles. The van der Waals surface area contributed by atoms with Crippen molar-refractivity contribution in [2.24, 2.45) is 0 Å². The first-order valence-electron chi connectivity index (χ1n) is 9.26. The maximum absolute atomic E-state index is 14.6. The number of hydrogen-bond acceptors (Lipinski definition) is 3. The first kappa shape index (κ1) is 16.1. The Morgan fingerprint density at radius 2 is 1.93 bits per heavy atom. The molecule has 134 valence electrons. The maximum atomic E-state index is 14.6. The molecule has 0 saturated heterocycles. The summed E-state index contributed by atoms with van der Waals surface area (Å²) in [5.74, 6) is 0.238. The first-order chi connectivity index (χ1) is 13.3. The van der Waals surface area contributed by atoms with Crippen LogP contribution in [0.4, 0.5) is 4.39 Å². The topological polar surface area (TPSA) is 54.5 Å². The molecule has 0 spiro atoms. The average molecular weight is 358 g/mol. The van der Waals surface area contributed by atoms with Crippen LogP contribution in [0.15, 0.2) is 55.0 Å². The van der Waals surface area contributed by atoms with Gasteiger partial charge in [-0.1, -0.05) is 12.1 Å². The second kappa shape index (κ2) is 6.58. The van der Waals surface area contributed by atoms with E-state index >= 15 is 0 Å². The summed E-state index contributed by atoms with van der Waals surface area (Å²) in [4.78, 5) is 16.1. The predicted octanol–water partition coefficient (Wildman–Crippen LogP) is 4.55. The van der Waals surface area contributed by atoms with E-state index in [4.69, 9.17) is 0 Å². The minimum Gasteiger partial charge on any atom is -0.346 e. The summed E-state index contributed by atoms with van der Waals surface area (Å²) in [6.07, 6.45) is 9.08. The van der Waals surface area contributed by atoms with Crippen molar-refractivity contribution in [1.29, 1.82) is 0 Å². The van der Waals surface area contributed by atoms with Gasteiger partial charge in [-0.25, -0.2) is 9.97 Å². The second-order valence-corrected chi connectivity index (χ2v) is 7.19. The third-order valence-electron chi connectivity index (χ3n) is 5.13. The summed E-state index contributed by atoms with van der Waals surface area (Å²) in [6, 6.07) is 11.8. The second-order valence-electron chi connectivity index (χ2n) is 7.19. The number of nitrogens with zero attached hydrogens (tertiary/aromatic N) is 3. The van der Waals surface area contributed by atoms with Gasteiger partial charge in [0.1, 0.15) is 5.65 Å². The zero-order chi connectivity index (χ0) is 18.2. The Hall–Kier alpha value is -3.08. The number of hydrogen-bond donors (Lipinski definition) is 1. The fraction of sp³-hybridized carbons (Fsp3) is 0.227. The Bertz CT molecular complexity index is 1100. The molecule has 4 aromatic rings. The van der Waals surface area contributed by atoms with Crippen LogP contribution in [0, 0.1) is 5.95 Å². The number of nitrogens with one attached hydrogen (secondary N) is 1. The number of rotatable bonds is 5. The molecule has 0 aromatic carbocycles. The SMILES string of the molecule is Fc1nc(Cc2ccc(C3CC3)nc2)ccc1Cc1c[nH]c2ncccc12. The number of aromatic nitrogens is 4. The smallest absolute Gasteiger partial charge is 0.216 e. The number of halogens is 1. The van der Waals surface area contributed by atoms with E-state index in [0.717, 1.165) is 27.9 Å². The Morgan fingerprint density at radius 1 is 1.00 bits per heavy atom. The highest BCUT2D eigenvalue weighted by molar-refractivity contribution is 5.79. The van der Waals surface area contributed by atoms with E-state index < -0.39 is 5.95 Å². The standard InChI is InChI=1S/C22H19FN4/c23-21-16(11-17-13-26-22-19(17)2-1-9-24-22)6-7-18(27-21)10-14-3-8-20(25-12-14)15-4-5-15/h1-3,6-9,12-13,15H,4-5,10-11H2,(H,24,26). The van der Waals surface area contributed by atoms with Gasteiger partial charge in [-0.3, -0.25) is 4.98 Å². The molecule has 1 aliphatic rings. The van der Waals surface area contributed by atoms with Crippen LogP contribution in [-0.2, 0) is 12.8 Å². The van der Waals surface area contributed by atoms with Crippen LogP contribution in [0.2, 0.25) is 0 Å². The highest BCUT2D eigenvalue weighted by atomic mass is 19.1. The van der Waals surface area contributed by atoms with Crippen molar-refractivity contribution in [2.75, 3.05) is 0 Å². The molecule has 1 N–H and O–H groups in total. The van der Waals surface area contributed by atoms with Crippen molar-refractivity contribution < 1.29 is 4.39 Å². The van der Waals surface area contributed by atoms with Crippen LogP contribution in [-0.4, -0.2) is 19.9 Å². The Kier molecular flexibility index (Phi) is 3.93. The minimum atomic E-state index is -0.409. The summed E-state index contributed by atoms with van der Waals surface area (Å²) < 4.78 is 14.6. The zero-order valence-electron chi connectivity index (χ0n) is 14.8. The molecule has 4 heterocycles. The molecule has 4 nitrogen and oxygen atoms in total. The molecule has 4 aromatic heterocycles. The summed E-state index contributed by atoms with van der Waals surface area (Å²) in [5.41, 5.74) is 5.37. The van der Waals surface area contributed by atoms with E-state index in [-0.39, 0.29) is 0 Å². The van der Waals surface area contributed by atoms with E-state index in [1.54, 1.807) is 6.20 Å². The third-order valence-corrected chi connectivity index (χ3v) is 5.13. The minimum absolute atomic E-state index is 0.409. The van der Waals surface area contributed by atoms with E-state index in [0.29, 0.717) is 24.3 Å². The lowest BCUT2D eigenvalue weighted by atomic mass is 10.0. The molecule has 0 atom stereocenters. The van der Waals surface area contributed by atoms with Gasteiger partial charge in [0.05, 0.1) is 0 Å². The monoisotopic (exact) mass is 358 g/mol. The van der Waals surface area contributed by atoms with Crippen LogP contribution in [0.3, 0.4) is 0 Å². The van der Waals surface area contributed by atoms with Gasteiger partial charge in [0, 0.05) is 59.7 Å². The lowest BCUT2D eigenvalue weighted by molar-refractivity contribution is 0.565. The van der Waals surface area contributed by atoms with Crippen molar-refractivity contribution in [3.8, 4) is 0 Å². The molecule has 0 bridgehead atoms. The first-order valence-corrected chi connectivity index (χ1v) is 9.26. The van der Waals surface area contributed by atoms with Crippen molar-refractivity contribution in [1.82, 2.24) is 19.9 Å². The fourth-order valence-corrected chi connectivity index (χ4v) is 3.47. The van der Waals surface area contributed by atoms with Crippen molar-refractivity contribution >= 4 is 11.0 Å². The molecule has 0 unspecified atom stereocenters. The lowest BCUT2D eigenvalue weighted by Crippen LogP contribution is -2.01. The van der Waals surface area contributed by atoms with E-state index in [1.165, 1.54) is 18.5 Å². The van der Waals surface area contributed by atoms with Gasteiger partial charge in [-0.15, -0.1) is 0 Å². The summed E-state index contributed by atoms with van der Waals surface area (Å²) >= 11 is 0. The van der Waals surface area contributed by atoms with E-state index in [9.17, 15) is 4.39 Å². The highest BCUT2D eigenvalue weighted by Gasteiger charge is 2.24. The molecule has 5 rings (SSSR count). The van der Waals surface area contributed by atoms with Gasteiger partial charge in [-0.05, 0) is 48.2 Å². The van der Waals surface area contributed by atoms with Crippen LogP contribution >= 0.6 is 0 Å². The quantitative estimate of drug-likeness (QED) is 0.533. The number of aromatic amines is 1. The van der Waals surface area contributed by atoms with Gasteiger partial charge in [0.15, 0.2) is 0 Å². The van der Waals surface area contributed by atoms with E-state index in [1.807, 2.05) is 36.7 Å². The zero-order valence-corrected chi connectivity index (χ0v) is 14.8. The molecule has 1 aliphatic carbocycles. The van der Waals surface area contributed by atoms with Gasteiger partial charge in [-0.2, -0.15) is 4.39 Å². The van der Waals surface area contributed by atoms with Gasteiger partial charge < -0.3 is 4.98 Å². The van der Waals surface area contributed by atoms with Crippen molar-refractivity contribution in [3.63, 3.8) is 0 Å². The lowest BCUT2D eigenvalue weighted by Gasteiger charge is -2.06. The Balaban J connectivity index is 1.34. The van der Waals surface area contributed by atoms with Crippen LogP contribution in [0.1, 0.15) is 46.8 Å². The largest absolute Gasteiger partial charge is 0.346 e. The molecular formula is C22H19FN4. The molecular weight excluding hydrogens is 339 g/mol. The normalized spacial score (nSPS) is 14.0. The molecule has 0 amide bonds. The van der Waals surface area contributed by atoms with Gasteiger partial charge in [0.25, 0.3) is 0 Å². The predicted molar refractivity (Wildman–Crippen MR) is 102 cm³/mol. The van der Waals surface area contributed by atoms with Gasteiger partial charge in [0.2, 0.25) is 5.95 Å². The van der Waals surface area contributed by atoms with E-state index in [2.05, 4.69) is 32.1 Å². The summed E-state index contributed by atoms with van der Waals surface area (Å²) in [5, 5.41) is 1.02. The number of pyridine rings is 3. The summed E-state index contributed by atoms with van der Waals surface area (Å²) in [7, 11) is 0. The Morgan fingerprint density at radius 3 is 2.70 bits per heavy atom. The molecule has 27 heavy (non-hydrogen) atoms. The van der Waals surface area contributed by atoms with Crippen molar-refractivity contribution in [2.45, 2.75) is 31.6 Å². The number of H-pyrrole nitrogens is 1. The molecule has 1 fully saturated rings. The molecule has 5 heteroatoms. The molecule has 0 radical (unpaired) electrons. The van der Waals surface area contributed by atoms with Crippen LogP contribution in [0.5, 0.6) is 0 Å². The molecule has 1 saturated carbocycles. The Labute approximate surface area is 156 Å². The maximum Gasteiger partial charge on any atom is 0.216 e. The third kappa shape index (κ3) is 3.33.